The Balaban J connectivity index is 4.43. The van der Waals surface area contributed by atoms with Gasteiger partial charge < -0.3 is 0 Å². The summed E-state index contributed by atoms with van der Waals surface area (Å²) in [6.45, 7) is 0. The Hall–Kier alpha value is -0.707. The first kappa shape index (κ1) is 9.29. The Morgan fingerprint density at radius 1 is 0.800 bits per heavy atom. The van der Waals surface area contributed by atoms with Crippen LogP contribution < -0.4 is 0 Å². The van der Waals surface area contributed by atoms with Crippen molar-refractivity contribution in [3.05, 3.63) is 0 Å². The van der Waals surface area contributed by atoms with Crippen molar-refractivity contribution < 1.29 is 29.7 Å². The molecule has 7 heteroatoms. The maximum absolute atomic E-state index is 9.91. The minimum absolute atomic E-state index is 1.67. The summed E-state index contributed by atoms with van der Waals surface area (Å²) >= 11 is -4.33. The van der Waals surface area contributed by atoms with E-state index >= 15 is 0 Å². The molecular formula is C3H3BiO6. The van der Waals surface area contributed by atoms with Crippen LogP contribution in [0.5, 0.6) is 0 Å². The predicted octanol–water partition coefficient (Wildman–Crippen LogP) is 0.260. The van der Waals surface area contributed by atoms with E-state index in [1.165, 1.54) is 0 Å². The second-order valence-electron chi connectivity index (χ2n) is 1.18. The number of hydrogen-bond acceptors (Lipinski definition) is 3. The van der Waals surface area contributed by atoms with Gasteiger partial charge in [-0.25, -0.2) is 0 Å². The molecule has 0 aliphatic rings. The minimum atomic E-state index is -4.33. The van der Waals surface area contributed by atoms with Crippen LogP contribution in [0.1, 0.15) is 0 Å². The van der Waals surface area contributed by atoms with Crippen molar-refractivity contribution in [1.29, 1.82) is 0 Å². The molecule has 0 unspecified atom stereocenters. The number of carbonyl (C=O) groups is 3. The Labute approximate surface area is 62.8 Å². The van der Waals surface area contributed by atoms with Crippen LogP contribution >= 0.6 is 0 Å². The van der Waals surface area contributed by atoms with Gasteiger partial charge in [0.05, 0.1) is 0 Å². The van der Waals surface area contributed by atoms with Crippen molar-refractivity contribution in [2.24, 2.45) is 0 Å². The summed E-state index contributed by atoms with van der Waals surface area (Å²) in [6, 6.07) is 0. The van der Waals surface area contributed by atoms with Crippen LogP contribution in [0.15, 0.2) is 0 Å². The van der Waals surface area contributed by atoms with E-state index in [1.807, 2.05) is 0 Å². The zero-order chi connectivity index (χ0) is 8.31. The summed E-state index contributed by atoms with van der Waals surface area (Å²) in [4.78, 5) is 29.7. The third-order valence-corrected chi connectivity index (χ3v) is 5.04. The van der Waals surface area contributed by atoms with Gasteiger partial charge in [0.15, 0.2) is 0 Å². The SMILES string of the molecule is O=[C](O)[Bi]([C](=O)O)[C](=O)O. The zero-order valence-corrected chi connectivity index (χ0v) is 7.99. The molecular weight excluding hydrogens is 341 g/mol. The van der Waals surface area contributed by atoms with Gasteiger partial charge in [-0.3, -0.25) is 0 Å². The molecule has 10 heavy (non-hydrogen) atoms. The molecule has 0 amide bonds. The molecule has 0 saturated heterocycles. The number of carboxylic acid groups (broad SMARTS) is 3. The molecule has 0 aromatic carbocycles. The summed E-state index contributed by atoms with van der Waals surface area (Å²) < 4.78 is -5.01. The summed E-state index contributed by atoms with van der Waals surface area (Å²) in [5.41, 5.74) is 0. The molecule has 0 spiro atoms. The second-order valence-corrected chi connectivity index (χ2v) is 8.25. The first-order valence-electron chi connectivity index (χ1n) is 1.95. The Bertz CT molecular complexity index is 152. The van der Waals surface area contributed by atoms with Gasteiger partial charge in [0.25, 0.3) is 0 Å². The first-order chi connectivity index (χ1) is 4.46. The molecule has 0 saturated carbocycles. The zero-order valence-electron chi connectivity index (χ0n) is 4.51. The normalized spacial score (nSPS) is 9.30. The van der Waals surface area contributed by atoms with Crippen LogP contribution in [-0.2, 0) is 0 Å². The van der Waals surface area contributed by atoms with E-state index in [9.17, 15) is 14.4 Å². The topological polar surface area (TPSA) is 112 Å². The number of rotatable bonds is 3. The van der Waals surface area contributed by atoms with Crippen LogP contribution in [0.25, 0.3) is 0 Å². The summed E-state index contributed by atoms with van der Waals surface area (Å²) in [7, 11) is 0. The Morgan fingerprint density at radius 2 is 1.00 bits per heavy atom. The van der Waals surface area contributed by atoms with Crippen molar-refractivity contribution in [2.45, 2.75) is 0 Å². The van der Waals surface area contributed by atoms with Gasteiger partial charge in [0, 0.05) is 0 Å². The second kappa shape index (κ2) is 3.46. The molecule has 0 fully saturated rings. The van der Waals surface area contributed by atoms with Crippen molar-refractivity contribution in [2.75, 3.05) is 0 Å². The fraction of sp³-hybridized carbons (Fsp3) is 0. The average molecular weight is 344 g/mol. The first-order valence-corrected chi connectivity index (χ1v) is 7.17. The Morgan fingerprint density at radius 3 is 1.00 bits per heavy atom. The molecule has 6 nitrogen and oxygen atoms in total. The fourth-order valence-corrected chi connectivity index (χ4v) is 2.15. The third-order valence-electron chi connectivity index (χ3n) is 0.574. The van der Waals surface area contributed by atoms with E-state index in [0.717, 1.165) is 0 Å². The molecule has 0 heterocycles. The van der Waals surface area contributed by atoms with Gasteiger partial charge in [-0.2, -0.15) is 0 Å². The summed E-state index contributed by atoms with van der Waals surface area (Å²) in [6.07, 6.45) is 0. The van der Waals surface area contributed by atoms with Gasteiger partial charge >= 0.3 is 62.5 Å². The molecule has 0 radical (unpaired) electrons. The average Bonchev–Trinajstić information content (AvgIpc) is 1.59. The molecule has 0 aliphatic heterocycles. The van der Waals surface area contributed by atoms with E-state index in [2.05, 4.69) is 0 Å². The maximum atomic E-state index is 9.91. The van der Waals surface area contributed by atoms with Gasteiger partial charge in [-0.1, -0.05) is 0 Å². The van der Waals surface area contributed by atoms with Gasteiger partial charge in [-0.05, 0) is 0 Å². The number of hydrogen-bond donors (Lipinski definition) is 3. The van der Waals surface area contributed by atoms with Crippen LogP contribution in [0.2, 0.25) is 0 Å². The Kier molecular flexibility index (Phi) is 3.21. The summed E-state index contributed by atoms with van der Waals surface area (Å²) in [5.74, 6) is 0. The van der Waals surface area contributed by atoms with Crippen LogP contribution in [0.3, 0.4) is 0 Å². The van der Waals surface area contributed by atoms with Crippen LogP contribution in [0.4, 0.5) is 14.4 Å². The van der Waals surface area contributed by atoms with Gasteiger partial charge in [-0.15, -0.1) is 0 Å². The molecule has 3 N–H and O–H groups in total. The molecule has 0 aliphatic carbocycles. The van der Waals surface area contributed by atoms with Crippen molar-refractivity contribution in [3.8, 4) is 0 Å². The standard InChI is InChI=1S/3CHO2.Bi/c3*2-1-3;/h3*(H,2,3);. The van der Waals surface area contributed by atoms with E-state index in [-0.39, 0.29) is 0 Å². The van der Waals surface area contributed by atoms with E-state index in [4.69, 9.17) is 15.3 Å². The molecule has 0 rings (SSSR count). The van der Waals surface area contributed by atoms with Crippen molar-refractivity contribution in [1.82, 2.24) is 0 Å². The monoisotopic (exact) mass is 344 g/mol. The van der Waals surface area contributed by atoms with Gasteiger partial charge in [0.1, 0.15) is 0 Å². The van der Waals surface area contributed by atoms with Crippen LogP contribution in [-0.4, -0.2) is 48.1 Å². The van der Waals surface area contributed by atoms with Crippen LogP contribution in [0, 0.1) is 0 Å². The van der Waals surface area contributed by atoms with E-state index < -0.39 is 32.8 Å². The van der Waals surface area contributed by atoms with E-state index in [0.29, 0.717) is 0 Å². The van der Waals surface area contributed by atoms with Gasteiger partial charge in [0.2, 0.25) is 0 Å². The molecule has 0 aromatic heterocycles. The van der Waals surface area contributed by atoms with Crippen molar-refractivity contribution in [3.63, 3.8) is 0 Å². The predicted molar refractivity (Wildman–Crippen MR) is 29.8 cm³/mol. The summed E-state index contributed by atoms with van der Waals surface area (Å²) in [5, 5.41) is 24.1. The molecule has 56 valence electrons. The molecule has 0 bridgehead atoms. The van der Waals surface area contributed by atoms with Crippen molar-refractivity contribution >= 4 is 32.8 Å². The third kappa shape index (κ3) is 2.26. The van der Waals surface area contributed by atoms with E-state index in [1.54, 1.807) is 0 Å². The molecule has 0 atom stereocenters. The molecule has 0 aromatic rings. The quantitative estimate of drug-likeness (QED) is 0.634. The fourth-order valence-electron chi connectivity index (χ4n) is 0.245.